The first-order chi connectivity index (χ1) is 13.2. The van der Waals surface area contributed by atoms with Gasteiger partial charge < -0.3 is 9.46 Å². The monoisotopic (exact) mass is 435 g/mol. The van der Waals surface area contributed by atoms with Crippen LogP contribution in [0.15, 0.2) is 41.4 Å². The maximum absolute atomic E-state index is 13.2. The number of morpholine rings is 1. The van der Waals surface area contributed by atoms with Crippen molar-refractivity contribution in [2.24, 2.45) is 0 Å². The number of benzene rings is 1. The van der Waals surface area contributed by atoms with E-state index in [-0.39, 0.29) is 11.6 Å². The molecule has 0 saturated carbocycles. The van der Waals surface area contributed by atoms with Crippen molar-refractivity contribution in [1.29, 1.82) is 0 Å². The number of sulfonamides is 1. The van der Waals surface area contributed by atoms with E-state index in [2.05, 4.69) is 9.71 Å². The third-order valence-electron chi connectivity index (χ3n) is 4.14. The average molecular weight is 436 g/mol. The van der Waals surface area contributed by atoms with Gasteiger partial charge in [-0.15, -0.1) is 6.54 Å². The van der Waals surface area contributed by atoms with E-state index in [4.69, 9.17) is 16.3 Å². The molecule has 0 amide bonds. The Balaban J connectivity index is 1.79. The van der Waals surface area contributed by atoms with Gasteiger partial charge in [0, 0.05) is 11.1 Å². The number of nitrogens with zero attached hydrogens (tertiary/aromatic N) is 2. The molecule has 1 aliphatic rings. The molecule has 1 saturated heterocycles. The molecule has 0 aliphatic carbocycles. The zero-order valence-corrected chi connectivity index (χ0v) is 16.1. The van der Waals surface area contributed by atoms with Gasteiger partial charge in [0.15, 0.2) is 0 Å². The maximum Gasteiger partial charge on any atom is 0.417 e. The fourth-order valence-corrected chi connectivity index (χ4v) is 4.09. The van der Waals surface area contributed by atoms with Gasteiger partial charge in [-0.05, 0) is 24.3 Å². The number of aromatic amines is 1. The van der Waals surface area contributed by atoms with E-state index in [9.17, 15) is 21.6 Å². The Bertz CT molecular complexity index is 948. The predicted molar refractivity (Wildman–Crippen MR) is 96.7 cm³/mol. The lowest BCUT2D eigenvalue weighted by molar-refractivity contribution is -0.364. The number of rotatable bonds is 5. The van der Waals surface area contributed by atoms with Crippen LogP contribution in [0, 0.1) is 0 Å². The fraction of sp³-hybridized carbons (Fsp3) is 0.353. The topological polar surface area (TPSA) is 74.9 Å². The first kappa shape index (κ1) is 20.8. The predicted octanol–water partition coefficient (Wildman–Crippen LogP) is 3.27. The van der Waals surface area contributed by atoms with Gasteiger partial charge in [0.05, 0.1) is 29.9 Å². The number of nitrogens with one attached hydrogen (secondary N) is 1. The second kappa shape index (κ2) is 8.24. The highest BCUT2D eigenvalue weighted by Crippen LogP contribution is 2.37. The minimum absolute atomic E-state index is 0.208. The molecule has 6 nitrogen and oxygen atoms in total. The molecule has 3 rings (SSSR count). The number of anilines is 1. The molecule has 28 heavy (non-hydrogen) atoms. The molecule has 0 radical (unpaired) electrons. The standard InChI is InChI=1S/C17H16ClF3N3O3S/c18-13-1-2-15(14(10-13)17(19,20)21)28(25,26)23-11-12-3-4-22-16(9-12)24-5-7-27-8-6-24/h1-4,9-10H,5-8,11H2/q-1/p+1. The number of halogens is 4. The van der Waals surface area contributed by atoms with Gasteiger partial charge in [0.25, 0.3) is 5.82 Å². The number of aromatic nitrogens is 1. The second-order valence-corrected chi connectivity index (χ2v) is 8.17. The van der Waals surface area contributed by atoms with Crippen molar-refractivity contribution in [2.45, 2.75) is 17.6 Å². The fourth-order valence-electron chi connectivity index (χ4n) is 2.76. The average Bonchev–Trinajstić information content (AvgIpc) is 2.66. The van der Waals surface area contributed by atoms with E-state index in [1.165, 1.54) is 0 Å². The number of ether oxygens (including phenoxy) is 1. The molecule has 0 unspecified atom stereocenters. The molecule has 152 valence electrons. The van der Waals surface area contributed by atoms with E-state index in [0.717, 1.165) is 18.0 Å². The van der Waals surface area contributed by atoms with Crippen LogP contribution in [0.25, 0.3) is 4.72 Å². The third-order valence-corrected chi connectivity index (χ3v) is 5.76. The van der Waals surface area contributed by atoms with Crippen molar-refractivity contribution < 1.29 is 31.3 Å². The lowest BCUT2D eigenvalue weighted by Crippen LogP contribution is -2.39. The van der Waals surface area contributed by atoms with Crippen molar-refractivity contribution in [3.8, 4) is 0 Å². The van der Waals surface area contributed by atoms with Crippen molar-refractivity contribution >= 4 is 27.4 Å². The normalized spacial score (nSPS) is 15.6. The summed E-state index contributed by atoms with van der Waals surface area (Å²) in [5.41, 5.74) is -0.787. The molecule has 0 atom stereocenters. The van der Waals surface area contributed by atoms with Crippen LogP contribution in [0.5, 0.6) is 0 Å². The van der Waals surface area contributed by atoms with Crippen molar-refractivity contribution in [2.75, 3.05) is 31.2 Å². The molecule has 0 spiro atoms. The Morgan fingerprint density at radius 3 is 2.57 bits per heavy atom. The largest absolute Gasteiger partial charge is 0.541 e. The molecular weight excluding hydrogens is 419 g/mol. The van der Waals surface area contributed by atoms with E-state index in [1.807, 2.05) is 4.90 Å². The Labute approximate surface area is 165 Å². The highest BCUT2D eigenvalue weighted by molar-refractivity contribution is 7.94. The molecule has 1 aromatic heterocycles. The number of alkyl halides is 3. The summed E-state index contributed by atoms with van der Waals surface area (Å²) in [5, 5.41) is -0.208. The minimum Gasteiger partial charge on any atom is -0.541 e. The lowest BCUT2D eigenvalue weighted by Gasteiger charge is -2.24. The van der Waals surface area contributed by atoms with Crippen molar-refractivity contribution in [3.05, 3.63) is 57.4 Å². The number of hydrogen-bond acceptors (Lipinski definition) is 4. The van der Waals surface area contributed by atoms with Crippen LogP contribution in [-0.4, -0.2) is 34.7 Å². The van der Waals surface area contributed by atoms with Gasteiger partial charge in [-0.1, -0.05) is 17.2 Å². The molecule has 2 heterocycles. The molecule has 1 N–H and O–H groups in total. The SMILES string of the molecule is O=S(=O)([N-]Cc1cc[nH+]c(N2CCOCC2)c1)c1ccc(Cl)cc1C(F)(F)F. The van der Waals surface area contributed by atoms with Crippen molar-refractivity contribution in [1.82, 2.24) is 0 Å². The van der Waals surface area contributed by atoms with Gasteiger partial charge in [-0.2, -0.15) is 13.2 Å². The van der Waals surface area contributed by atoms with Gasteiger partial charge >= 0.3 is 6.18 Å². The lowest BCUT2D eigenvalue weighted by atomic mass is 10.2. The van der Waals surface area contributed by atoms with E-state index in [0.29, 0.717) is 37.9 Å². The summed E-state index contributed by atoms with van der Waals surface area (Å²) < 4.78 is 73.3. The first-order valence-electron chi connectivity index (χ1n) is 8.31. The summed E-state index contributed by atoms with van der Waals surface area (Å²) in [6.45, 7) is 2.22. The van der Waals surface area contributed by atoms with Crippen LogP contribution in [0.1, 0.15) is 11.1 Å². The Morgan fingerprint density at radius 1 is 1.18 bits per heavy atom. The summed E-state index contributed by atoms with van der Waals surface area (Å²) in [4.78, 5) is 4.17. The van der Waals surface area contributed by atoms with E-state index in [1.54, 1.807) is 18.3 Å². The second-order valence-electron chi connectivity index (χ2n) is 6.08. The molecular formula is C17H17ClF3N3O3S. The smallest absolute Gasteiger partial charge is 0.417 e. The third kappa shape index (κ3) is 4.93. The quantitative estimate of drug-likeness (QED) is 0.722. The van der Waals surface area contributed by atoms with Gasteiger partial charge in [-0.25, -0.2) is 13.4 Å². The van der Waals surface area contributed by atoms with E-state index < -0.39 is 26.7 Å². The van der Waals surface area contributed by atoms with E-state index >= 15 is 0 Å². The van der Waals surface area contributed by atoms with Crippen LogP contribution < -0.4 is 9.88 Å². The summed E-state index contributed by atoms with van der Waals surface area (Å²) in [5.74, 6) is 0.760. The Hall–Kier alpha value is -1.88. The van der Waals surface area contributed by atoms with Crippen molar-refractivity contribution in [3.63, 3.8) is 0 Å². The molecule has 0 bridgehead atoms. The zero-order valence-electron chi connectivity index (χ0n) is 14.5. The number of pyridine rings is 1. The van der Waals surface area contributed by atoms with Gasteiger partial charge in [0.2, 0.25) is 0 Å². The summed E-state index contributed by atoms with van der Waals surface area (Å²) in [7, 11) is -4.52. The molecule has 11 heteroatoms. The van der Waals surface area contributed by atoms with Crippen LogP contribution in [-0.2, 0) is 27.5 Å². The molecule has 2 aromatic rings. The Kier molecular flexibility index (Phi) is 6.13. The minimum atomic E-state index is -4.87. The Morgan fingerprint density at radius 2 is 1.89 bits per heavy atom. The van der Waals surface area contributed by atoms with Crippen LogP contribution >= 0.6 is 11.6 Å². The van der Waals surface area contributed by atoms with Crippen LogP contribution in [0.2, 0.25) is 5.02 Å². The summed E-state index contributed by atoms with van der Waals surface area (Å²) in [6, 6.07) is 5.83. The summed E-state index contributed by atoms with van der Waals surface area (Å²) in [6.07, 6.45) is -3.24. The first-order valence-corrected chi connectivity index (χ1v) is 10.1. The molecule has 1 fully saturated rings. The van der Waals surface area contributed by atoms with Gasteiger partial charge in [-0.3, -0.25) is 4.90 Å². The highest BCUT2D eigenvalue weighted by Gasteiger charge is 2.35. The maximum atomic E-state index is 13.2. The summed E-state index contributed by atoms with van der Waals surface area (Å²) >= 11 is 5.59. The highest BCUT2D eigenvalue weighted by atomic mass is 35.5. The molecule has 1 aliphatic heterocycles. The van der Waals surface area contributed by atoms with Crippen LogP contribution in [0.3, 0.4) is 0 Å². The van der Waals surface area contributed by atoms with Gasteiger partial charge in [0.1, 0.15) is 23.1 Å². The van der Waals surface area contributed by atoms with Crippen LogP contribution in [0.4, 0.5) is 19.0 Å². The number of H-pyrrole nitrogens is 1. The number of hydrogen-bond donors (Lipinski definition) is 0. The zero-order chi connectivity index (χ0) is 20.4. The molecule has 1 aromatic carbocycles.